The highest BCUT2D eigenvalue weighted by Gasteiger charge is 2.44. The molecule has 0 aliphatic heterocycles. The average molecular weight is 509 g/mol. The Hall–Kier alpha value is 0.297. The molecule has 192 valence electrons. The van der Waals surface area contributed by atoms with Gasteiger partial charge >= 0.3 is 0 Å². The first-order valence-corrected chi connectivity index (χ1v) is 19.4. The van der Waals surface area contributed by atoms with Crippen molar-refractivity contribution in [2.24, 2.45) is 5.41 Å². The van der Waals surface area contributed by atoms with Crippen LogP contribution >= 0.6 is 15.8 Å². The van der Waals surface area contributed by atoms with Gasteiger partial charge in [-0.1, -0.05) is 154 Å². The molecule has 0 nitrogen and oxygen atoms in total. The van der Waals surface area contributed by atoms with E-state index in [0.717, 1.165) is 0 Å². The van der Waals surface area contributed by atoms with E-state index < -0.39 is 8.07 Å². The molecule has 3 heteroatoms. The largest absolute Gasteiger partial charge is 0.0956 e. The van der Waals surface area contributed by atoms with Gasteiger partial charge in [-0.05, 0) is 50.8 Å². The summed E-state index contributed by atoms with van der Waals surface area (Å²) in [5, 5.41) is 3.19. The molecule has 0 aliphatic carbocycles. The number of hydrogen-bond donors (Lipinski definition) is 0. The molecular formula is C30H58P2Si. The molecule has 33 heavy (non-hydrogen) atoms. The zero-order chi connectivity index (χ0) is 26.1. The van der Waals surface area contributed by atoms with E-state index in [4.69, 9.17) is 0 Å². The summed E-state index contributed by atoms with van der Waals surface area (Å²) in [7, 11) is -1.72. The lowest BCUT2D eigenvalue weighted by Crippen LogP contribution is -2.47. The molecule has 0 saturated carbocycles. The molecule has 0 fully saturated rings. The summed E-state index contributed by atoms with van der Waals surface area (Å²) in [6.07, 6.45) is 4.17. The van der Waals surface area contributed by atoms with Gasteiger partial charge in [-0.3, -0.25) is 0 Å². The van der Waals surface area contributed by atoms with E-state index >= 15 is 0 Å². The molecule has 0 amide bonds. The molecule has 0 radical (unpaired) electrons. The fourth-order valence-corrected chi connectivity index (χ4v) is 18.3. The molecule has 1 aromatic rings. The standard InChI is InChI=1S/C30H58P2Si/c1-26(2,3)31(27(4,5)6)22-21-30(13,23-32(28(7,8)9)29(10,11)12)24-33(14,15)25-19-17-16-18-20-25/h16-20H,21-24H2,1-15H3. The normalized spacial score (nSPS) is 16.4. The monoisotopic (exact) mass is 508 g/mol. The second-order valence-electron chi connectivity index (χ2n) is 15.4. The second-order valence-corrected chi connectivity index (χ2v) is 27.9. The fourth-order valence-electron chi connectivity index (χ4n) is 6.20. The van der Waals surface area contributed by atoms with Gasteiger partial charge < -0.3 is 0 Å². The van der Waals surface area contributed by atoms with E-state index in [0.29, 0.717) is 26.0 Å². The van der Waals surface area contributed by atoms with Crippen LogP contribution in [0.15, 0.2) is 30.3 Å². The van der Waals surface area contributed by atoms with Crippen LogP contribution in [0.5, 0.6) is 0 Å². The van der Waals surface area contributed by atoms with Gasteiger partial charge in [0.15, 0.2) is 0 Å². The molecule has 0 aromatic heterocycles. The molecule has 0 N–H and O–H groups in total. The summed E-state index contributed by atoms with van der Waals surface area (Å²) in [4.78, 5) is 0. The van der Waals surface area contributed by atoms with Gasteiger partial charge in [-0.2, -0.15) is 0 Å². The molecule has 1 rings (SSSR count). The molecule has 0 spiro atoms. The lowest BCUT2D eigenvalue weighted by Gasteiger charge is -2.49. The minimum Gasteiger partial charge on any atom is -0.0956 e. The van der Waals surface area contributed by atoms with Crippen LogP contribution in [0.25, 0.3) is 0 Å². The summed E-state index contributed by atoms with van der Waals surface area (Å²) >= 11 is 0. The van der Waals surface area contributed by atoms with Gasteiger partial charge in [0.05, 0.1) is 8.07 Å². The fraction of sp³-hybridized carbons (Fsp3) is 0.800. The third kappa shape index (κ3) is 9.70. The smallest absolute Gasteiger partial charge is 0.0811 e. The molecule has 1 aromatic carbocycles. The predicted molar refractivity (Wildman–Crippen MR) is 164 cm³/mol. The zero-order valence-corrected chi connectivity index (χ0v) is 27.9. The van der Waals surface area contributed by atoms with E-state index in [9.17, 15) is 0 Å². The Balaban J connectivity index is 3.41. The van der Waals surface area contributed by atoms with Crippen LogP contribution in [-0.2, 0) is 0 Å². The maximum absolute atomic E-state index is 2.68. The van der Waals surface area contributed by atoms with Gasteiger partial charge in [0, 0.05) is 0 Å². The van der Waals surface area contributed by atoms with Crippen molar-refractivity contribution in [2.45, 2.75) is 136 Å². The molecule has 1 unspecified atom stereocenters. The first-order valence-electron chi connectivity index (χ1n) is 13.1. The van der Waals surface area contributed by atoms with E-state index in [1.54, 1.807) is 5.19 Å². The Labute approximate surface area is 213 Å². The Morgan fingerprint density at radius 1 is 0.606 bits per heavy atom. The Morgan fingerprint density at radius 2 is 1.00 bits per heavy atom. The van der Waals surface area contributed by atoms with Crippen LogP contribution < -0.4 is 5.19 Å². The quantitative estimate of drug-likeness (QED) is 0.242. The highest BCUT2D eigenvalue weighted by Crippen LogP contribution is 2.65. The van der Waals surface area contributed by atoms with Crippen LogP contribution in [0.3, 0.4) is 0 Å². The Bertz CT molecular complexity index is 698. The van der Waals surface area contributed by atoms with Crippen molar-refractivity contribution in [3.63, 3.8) is 0 Å². The lowest BCUT2D eigenvalue weighted by molar-refractivity contribution is 0.395. The topological polar surface area (TPSA) is 0 Å². The van der Waals surface area contributed by atoms with Gasteiger partial charge in [-0.15, -0.1) is 0 Å². The third-order valence-corrected chi connectivity index (χ3v) is 19.0. The highest BCUT2D eigenvalue weighted by atomic mass is 31.1. The van der Waals surface area contributed by atoms with Gasteiger partial charge in [0.1, 0.15) is 0 Å². The predicted octanol–water partition coefficient (Wildman–Crippen LogP) is 10.2. The minimum absolute atomic E-state index is 0.0615. The third-order valence-electron chi connectivity index (χ3n) is 7.14. The first-order chi connectivity index (χ1) is 14.5. The van der Waals surface area contributed by atoms with E-state index in [2.05, 4.69) is 133 Å². The summed E-state index contributed by atoms with van der Waals surface area (Å²) in [5.74, 6) is 0. The molecule has 1 atom stereocenters. The molecule has 0 heterocycles. The molecular weight excluding hydrogens is 450 g/mol. The van der Waals surface area contributed by atoms with Crippen LogP contribution in [0, 0.1) is 5.41 Å². The Morgan fingerprint density at radius 3 is 1.36 bits per heavy atom. The van der Waals surface area contributed by atoms with Crippen LogP contribution in [0.2, 0.25) is 19.1 Å². The van der Waals surface area contributed by atoms with E-state index in [-0.39, 0.29) is 15.8 Å². The van der Waals surface area contributed by atoms with Crippen molar-refractivity contribution in [3.05, 3.63) is 30.3 Å². The zero-order valence-electron chi connectivity index (χ0n) is 25.1. The van der Waals surface area contributed by atoms with Gasteiger partial charge in [0.25, 0.3) is 0 Å². The first kappa shape index (κ1) is 31.3. The summed E-state index contributed by atoms with van der Waals surface area (Å²) in [6, 6.07) is 12.9. The van der Waals surface area contributed by atoms with Crippen LogP contribution in [-0.4, -0.2) is 41.0 Å². The summed E-state index contributed by atoms with van der Waals surface area (Å²) in [5.41, 5.74) is 0.398. The van der Waals surface area contributed by atoms with Crippen LogP contribution in [0.4, 0.5) is 0 Å². The average Bonchev–Trinajstić information content (AvgIpc) is 2.56. The Kier molecular flexibility index (Phi) is 10.2. The second kappa shape index (κ2) is 10.7. The molecule has 0 aliphatic rings. The van der Waals surface area contributed by atoms with Crippen molar-refractivity contribution in [2.75, 3.05) is 12.3 Å². The van der Waals surface area contributed by atoms with Crippen molar-refractivity contribution in [3.8, 4) is 0 Å². The number of hydrogen-bond acceptors (Lipinski definition) is 0. The summed E-state index contributed by atoms with van der Waals surface area (Å²) < 4.78 is 0. The van der Waals surface area contributed by atoms with E-state index in [1.165, 1.54) is 24.8 Å². The van der Waals surface area contributed by atoms with Crippen molar-refractivity contribution >= 4 is 29.1 Å². The van der Waals surface area contributed by atoms with Gasteiger partial charge in [-0.25, -0.2) is 0 Å². The number of rotatable bonds is 8. The molecule has 0 bridgehead atoms. The maximum atomic E-state index is 2.68. The van der Waals surface area contributed by atoms with Crippen molar-refractivity contribution < 1.29 is 0 Å². The number of benzene rings is 1. The van der Waals surface area contributed by atoms with Crippen molar-refractivity contribution in [1.29, 1.82) is 0 Å². The summed E-state index contributed by atoms with van der Waals surface area (Å²) in [6.45, 7) is 37.8. The highest BCUT2D eigenvalue weighted by molar-refractivity contribution is 7.61. The van der Waals surface area contributed by atoms with Crippen LogP contribution in [0.1, 0.15) is 96.4 Å². The minimum atomic E-state index is -1.55. The van der Waals surface area contributed by atoms with Gasteiger partial charge in [0.2, 0.25) is 0 Å². The lowest BCUT2D eigenvalue weighted by atomic mass is 9.92. The molecule has 0 saturated heterocycles. The van der Waals surface area contributed by atoms with Crippen molar-refractivity contribution in [1.82, 2.24) is 0 Å². The van der Waals surface area contributed by atoms with E-state index in [1.807, 2.05) is 0 Å². The SMILES string of the molecule is CC(CCP(C(C)(C)C)C(C)(C)C)(CP(C(C)(C)C)C(C)(C)C)C[Si](C)(C)c1ccccc1. The maximum Gasteiger partial charge on any atom is 0.0811 e.